The Morgan fingerprint density at radius 2 is 2.00 bits per heavy atom. The zero-order chi connectivity index (χ0) is 15.0. The number of thioether (sulfide) groups is 1. The Labute approximate surface area is 126 Å². The summed E-state index contributed by atoms with van der Waals surface area (Å²) in [4.78, 5) is 12.1. The Balaban J connectivity index is 2.58. The Morgan fingerprint density at radius 1 is 1.35 bits per heavy atom. The van der Waals surface area contributed by atoms with Crippen LogP contribution < -0.4 is 5.32 Å². The van der Waals surface area contributed by atoms with Crippen molar-refractivity contribution in [1.82, 2.24) is 5.32 Å². The molecular formula is C16H25NO2S. The fourth-order valence-corrected chi connectivity index (χ4v) is 3.17. The van der Waals surface area contributed by atoms with E-state index in [1.807, 2.05) is 45.9 Å². The van der Waals surface area contributed by atoms with Gasteiger partial charge in [-0.2, -0.15) is 11.8 Å². The van der Waals surface area contributed by atoms with Crippen molar-refractivity contribution in [2.45, 2.75) is 45.0 Å². The van der Waals surface area contributed by atoms with Gasteiger partial charge in [0.25, 0.3) is 0 Å². The van der Waals surface area contributed by atoms with Crippen LogP contribution in [0.4, 0.5) is 0 Å². The monoisotopic (exact) mass is 295 g/mol. The quantitative estimate of drug-likeness (QED) is 0.747. The molecule has 20 heavy (non-hydrogen) atoms. The molecule has 1 N–H and O–H groups in total. The maximum absolute atomic E-state index is 12.1. The van der Waals surface area contributed by atoms with E-state index in [1.165, 1.54) is 5.56 Å². The molecule has 1 unspecified atom stereocenters. The molecular weight excluding hydrogens is 270 g/mol. The Hall–Kier alpha value is -1.00. The van der Waals surface area contributed by atoms with E-state index in [4.69, 9.17) is 4.74 Å². The van der Waals surface area contributed by atoms with E-state index >= 15 is 0 Å². The molecule has 0 spiro atoms. The Morgan fingerprint density at radius 3 is 2.55 bits per heavy atom. The summed E-state index contributed by atoms with van der Waals surface area (Å²) >= 11 is 1.75. The fraction of sp³-hybridized carbons (Fsp3) is 0.562. The number of esters is 1. The van der Waals surface area contributed by atoms with Crippen LogP contribution in [0, 0.1) is 0 Å². The minimum absolute atomic E-state index is 0.172. The van der Waals surface area contributed by atoms with Crippen LogP contribution in [-0.4, -0.2) is 29.9 Å². The van der Waals surface area contributed by atoms with Gasteiger partial charge in [-0.25, -0.2) is 0 Å². The highest BCUT2D eigenvalue weighted by molar-refractivity contribution is 7.98. The predicted octanol–water partition coefficient (Wildman–Crippen LogP) is 3.24. The molecule has 0 aromatic heterocycles. The van der Waals surface area contributed by atoms with E-state index in [1.54, 1.807) is 11.8 Å². The van der Waals surface area contributed by atoms with Gasteiger partial charge < -0.3 is 4.74 Å². The summed E-state index contributed by atoms with van der Waals surface area (Å²) in [6, 6.07) is 10.5. The van der Waals surface area contributed by atoms with Crippen molar-refractivity contribution in [3.05, 3.63) is 35.9 Å². The van der Waals surface area contributed by atoms with Crippen molar-refractivity contribution in [3.8, 4) is 0 Å². The van der Waals surface area contributed by atoms with E-state index < -0.39 is 5.54 Å². The Kier molecular flexibility index (Phi) is 7.10. The summed E-state index contributed by atoms with van der Waals surface area (Å²) in [7, 11) is 0. The van der Waals surface area contributed by atoms with E-state index in [-0.39, 0.29) is 12.0 Å². The average molecular weight is 295 g/mol. The van der Waals surface area contributed by atoms with Crippen molar-refractivity contribution in [2.75, 3.05) is 12.4 Å². The van der Waals surface area contributed by atoms with Crippen LogP contribution in [0.2, 0.25) is 0 Å². The number of hydrogen-bond acceptors (Lipinski definition) is 4. The molecule has 0 aliphatic carbocycles. The second-order valence-corrected chi connectivity index (χ2v) is 6.32. The van der Waals surface area contributed by atoms with E-state index in [0.29, 0.717) is 12.4 Å². The number of hydrogen-bond donors (Lipinski definition) is 1. The van der Waals surface area contributed by atoms with Gasteiger partial charge >= 0.3 is 5.97 Å². The molecule has 0 radical (unpaired) electrons. The molecule has 112 valence electrons. The summed E-state index contributed by atoms with van der Waals surface area (Å²) < 4.78 is 5.20. The Bertz CT molecular complexity index is 408. The molecule has 0 saturated heterocycles. The molecule has 4 heteroatoms. The number of rotatable bonds is 8. The molecule has 1 aromatic rings. The highest BCUT2D eigenvalue weighted by atomic mass is 32.2. The summed E-state index contributed by atoms with van der Waals surface area (Å²) in [6.07, 6.45) is 0. The molecule has 1 atom stereocenters. The third-order valence-corrected chi connectivity index (χ3v) is 4.15. The number of ether oxygens (including phenoxy) is 1. The number of carbonyl (C=O) groups is 1. The zero-order valence-corrected chi connectivity index (χ0v) is 13.6. The number of benzene rings is 1. The van der Waals surface area contributed by atoms with Crippen molar-refractivity contribution in [3.63, 3.8) is 0 Å². The molecule has 1 rings (SSSR count). The van der Waals surface area contributed by atoms with Gasteiger partial charge in [0.15, 0.2) is 0 Å². The minimum atomic E-state index is -0.635. The van der Waals surface area contributed by atoms with Crippen molar-refractivity contribution in [1.29, 1.82) is 0 Å². The molecule has 0 aliphatic rings. The van der Waals surface area contributed by atoms with Crippen LogP contribution in [0.1, 0.15) is 33.3 Å². The van der Waals surface area contributed by atoms with Crippen LogP contribution in [0.15, 0.2) is 30.3 Å². The average Bonchev–Trinajstić information content (AvgIpc) is 2.39. The van der Waals surface area contributed by atoms with Crippen LogP contribution in [-0.2, 0) is 15.3 Å². The normalized spacial score (nSPS) is 14.1. The van der Waals surface area contributed by atoms with Gasteiger partial charge in [0.05, 0.1) is 6.61 Å². The maximum Gasteiger partial charge on any atom is 0.326 e. The first kappa shape index (κ1) is 17.1. The van der Waals surface area contributed by atoms with Crippen molar-refractivity contribution >= 4 is 17.7 Å². The van der Waals surface area contributed by atoms with E-state index in [2.05, 4.69) is 17.4 Å². The summed E-state index contributed by atoms with van der Waals surface area (Å²) in [5, 5.41) is 3.33. The smallest absolute Gasteiger partial charge is 0.326 e. The third-order valence-electron chi connectivity index (χ3n) is 2.84. The van der Waals surface area contributed by atoms with Gasteiger partial charge in [-0.05, 0) is 33.3 Å². The molecule has 0 heterocycles. The zero-order valence-electron chi connectivity index (χ0n) is 12.8. The van der Waals surface area contributed by atoms with Gasteiger partial charge in [0.2, 0.25) is 0 Å². The van der Waals surface area contributed by atoms with E-state index in [0.717, 1.165) is 5.75 Å². The van der Waals surface area contributed by atoms with Gasteiger partial charge in [-0.1, -0.05) is 30.3 Å². The predicted molar refractivity (Wildman–Crippen MR) is 85.9 cm³/mol. The molecule has 3 nitrogen and oxygen atoms in total. The molecule has 1 aromatic carbocycles. The van der Waals surface area contributed by atoms with Gasteiger partial charge in [-0.3, -0.25) is 10.1 Å². The van der Waals surface area contributed by atoms with Crippen molar-refractivity contribution in [2.24, 2.45) is 0 Å². The first-order chi connectivity index (χ1) is 9.48. The largest absolute Gasteiger partial charge is 0.465 e. The molecule has 0 fully saturated rings. The maximum atomic E-state index is 12.1. The van der Waals surface area contributed by atoms with Gasteiger partial charge in [-0.15, -0.1) is 0 Å². The van der Waals surface area contributed by atoms with E-state index in [9.17, 15) is 4.79 Å². The standard InChI is InChI=1S/C16H25NO2S/c1-5-19-15(18)16(4,17-13(2)3)12-20-11-14-9-7-6-8-10-14/h6-10,13,17H,5,11-12H2,1-4H3. The lowest BCUT2D eigenvalue weighted by molar-refractivity contribution is -0.149. The lowest BCUT2D eigenvalue weighted by Gasteiger charge is -2.30. The van der Waals surface area contributed by atoms with Crippen molar-refractivity contribution < 1.29 is 9.53 Å². The minimum Gasteiger partial charge on any atom is -0.465 e. The molecule has 0 bridgehead atoms. The van der Waals surface area contributed by atoms with Gasteiger partial charge in [0.1, 0.15) is 5.54 Å². The number of carbonyl (C=O) groups excluding carboxylic acids is 1. The topological polar surface area (TPSA) is 38.3 Å². The first-order valence-corrected chi connectivity index (χ1v) is 8.20. The second kappa shape index (κ2) is 8.32. The SMILES string of the molecule is CCOC(=O)C(C)(CSCc1ccccc1)NC(C)C. The molecule has 0 amide bonds. The highest BCUT2D eigenvalue weighted by Crippen LogP contribution is 2.20. The fourth-order valence-electron chi connectivity index (χ4n) is 2.03. The van der Waals surface area contributed by atoms with Gasteiger partial charge in [0, 0.05) is 17.5 Å². The number of nitrogens with one attached hydrogen (secondary N) is 1. The lowest BCUT2D eigenvalue weighted by atomic mass is 10.0. The molecule has 0 saturated carbocycles. The summed E-state index contributed by atoms with van der Waals surface area (Å²) in [5.74, 6) is 1.42. The molecule has 0 aliphatic heterocycles. The first-order valence-electron chi connectivity index (χ1n) is 7.04. The lowest BCUT2D eigenvalue weighted by Crippen LogP contribution is -2.55. The second-order valence-electron chi connectivity index (χ2n) is 5.33. The van der Waals surface area contributed by atoms with Crippen LogP contribution >= 0.6 is 11.8 Å². The third kappa shape index (κ3) is 5.55. The van der Waals surface area contributed by atoms with Crippen LogP contribution in [0.25, 0.3) is 0 Å². The summed E-state index contributed by atoms with van der Waals surface area (Å²) in [6.45, 7) is 8.25. The van der Waals surface area contributed by atoms with Crippen LogP contribution in [0.5, 0.6) is 0 Å². The van der Waals surface area contributed by atoms with Crippen LogP contribution in [0.3, 0.4) is 0 Å². The summed E-state index contributed by atoms with van der Waals surface area (Å²) in [5.41, 5.74) is 0.636. The highest BCUT2D eigenvalue weighted by Gasteiger charge is 2.34.